The molecule has 0 bridgehead atoms. The van der Waals surface area contributed by atoms with Crippen LogP contribution in [0.4, 0.5) is 23.0 Å². The van der Waals surface area contributed by atoms with Crippen LogP contribution in [0.25, 0.3) is 0 Å². The lowest BCUT2D eigenvalue weighted by atomic mass is 10.2. The number of nitrogens with two attached hydrogens (primary N) is 2. The summed E-state index contributed by atoms with van der Waals surface area (Å²) in [6.45, 7) is 1.46. The number of carbonyl (C=O) groups excluding carboxylic acids is 2. The van der Waals surface area contributed by atoms with E-state index in [0.717, 1.165) is 0 Å². The minimum Gasteiger partial charge on any atom is -0.424 e. The minimum absolute atomic E-state index is 0.0673. The Kier molecular flexibility index (Phi) is 7.55. The van der Waals surface area contributed by atoms with Crippen LogP contribution >= 0.6 is 0 Å². The van der Waals surface area contributed by atoms with E-state index in [2.05, 4.69) is 20.5 Å². The summed E-state index contributed by atoms with van der Waals surface area (Å²) in [5.74, 6) is -0.957. The van der Waals surface area contributed by atoms with Gasteiger partial charge in [0.2, 0.25) is 5.91 Å². The van der Waals surface area contributed by atoms with Gasteiger partial charge in [-0.25, -0.2) is 4.98 Å². The first kappa shape index (κ1) is 20.9. The van der Waals surface area contributed by atoms with Gasteiger partial charge in [0, 0.05) is 13.0 Å². The first-order valence-electron chi connectivity index (χ1n) is 8.54. The van der Waals surface area contributed by atoms with Crippen molar-refractivity contribution in [3.63, 3.8) is 0 Å². The predicted octanol–water partition coefficient (Wildman–Crippen LogP) is 1.90. The minimum atomic E-state index is -0.660. The summed E-state index contributed by atoms with van der Waals surface area (Å²) < 4.78 is 5.25. The van der Waals surface area contributed by atoms with Crippen LogP contribution in [-0.4, -0.2) is 35.1 Å². The quantitative estimate of drug-likeness (QED) is 0.305. The third kappa shape index (κ3) is 5.83. The second kappa shape index (κ2) is 10.1. The number of nitrogens with one attached hydrogen (secondary N) is 1. The summed E-state index contributed by atoms with van der Waals surface area (Å²) in [4.78, 5) is 27.5. The smallest absolute Gasteiger partial charge is 0.316 e. The van der Waals surface area contributed by atoms with Crippen molar-refractivity contribution in [2.45, 2.75) is 13.3 Å². The number of nitrogen functional groups attached to an aromatic ring is 1. The Balaban J connectivity index is 2.15. The molecule has 0 fully saturated rings. The molecule has 1 heterocycles. The van der Waals surface area contributed by atoms with Crippen LogP contribution < -0.4 is 21.5 Å². The predicted molar refractivity (Wildman–Crippen MR) is 103 cm³/mol. The Bertz CT molecular complexity index is 871. The highest BCUT2D eigenvalue weighted by molar-refractivity contribution is 5.90. The number of anilines is 2. The number of para-hydroxylation sites is 1. The Morgan fingerprint density at radius 2 is 1.93 bits per heavy atom. The summed E-state index contributed by atoms with van der Waals surface area (Å²) in [5.41, 5.74) is 11.8. The van der Waals surface area contributed by atoms with E-state index in [4.69, 9.17) is 21.3 Å². The molecule has 0 unspecified atom stereocenters. The van der Waals surface area contributed by atoms with Gasteiger partial charge >= 0.3 is 5.97 Å². The molecule has 1 amide bonds. The fourth-order valence-electron chi connectivity index (χ4n) is 1.98. The van der Waals surface area contributed by atoms with Crippen molar-refractivity contribution in [3.05, 3.63) is 36.4 Å². The molecule has 0 aliphatic heterocycles. The van der Waals surface area contributed by atoms with Gasteiger partial charge in [-0.3, -0.25) is 9.59 Å². The first-order chi connectivity index (χ1) is 13.4. The zero-order chi connectivity index (χ0) is 20.5. The maximum Gasteiger partial charge on any atom is 0.316 e. The number of rotatable bonds is 8. The van der Waals surface area contributed by atoms with Crippen LogP contribution in [0.1, 0.15) is 13.3 Å². The number of ether oxygens (including phenoxy) is 1. The molecular formula is C18H22N6O4. The maximum atomic E-state index is 11.9. The molecule has 1 atom stereocenters. The monoisotopic (exact) mass is 386 g/mol. The lowest BCUT2D eigenvalue weighted by Gasteiger charge is -2.09. The third-order valence-corrected chi connectivity index (χ3v) is 3.56. The zero-order valence-corrected chi connectivity index (χ0v) is 15.3. The number of hydrogen-bond acceptors (Lipinski definition) is 9. The van der Waals surface area contributed by atoms with Gasteiger partial charge in [0.05, 0.1) is 12.5 Å². The van der Waals surface area contributed by atoms with Crippen molar-refractivity contribution in [2.75, 3.05) is 24.2 Å². The molecule has 2 aromatic rings. The van der Waals surface area contributed by atoms with Crippen LogP contribution in [-0.2, 0) is 9.59 Å². The van der Waals surface area contributed by atoms with Gasteiger partial charge in [-0.2, -0.15) is 0 Å². The number of aliphatic hydroxyl groups excluding tert-OH is 1. The van der Waals surface area contributed by atoms with Crippen molar-refractivity contribution >= 4 is 34.9 Å². The van der Waals surface area contributed by atoms with E-state index in [9.17, 15) is 9.59 Å². The van der Waals surface area contributed by atoms with Gasteiger partial charge in [0.1, 0.15) is 17.2 Å². The third-order valence-electron chi connectivity index (χ3n) is 3.56. The number of carbonyl (C=O) groups is 2. The Morgan fingerprint density at radius 3 is 2.61 bits per heavy atom. The largest absolute Gasteiger partial charge is 0.424 e. The molecule has 148 valence electrons. The Morgan fingerprint density at radius 1 is 1.21 bits per heavy atom. The number of hydrogen-bond donors (Lipinski definition) is 4. The molecule has 1 aromatic carbocycles. The first-order valence-corrected chi connectivity index (χ1v) is 8.54. The van der Waals surface area contributed by atoms with E-state index in [0.29, 0.717) is 5.69 Å². The molecule has 0 spiro atoms. The highest BCUT2D eigenvalue weighted by Crippen LogP contribution is 2.31. The van der Waals surface area contributed by atoms with Crippen molar-refractivity contribution < 1.29 is 19.4 Å². The molecule has 10 heteroatoms. The fraction of sp³-hybridized carbons (Fsp3) is 0.278. The number of aliphatic hydroxyl groups is 1. The average molecular weight is 386 g/mol. The standard InChI is InChI=1S/C18H22N6O4/c1-11(10-25)18(27)28-14-5-3-2-4-12(14)23-24-13-6-7-15(22-17(13)20)21-16(26)8-9-19/h2-7,11,25H,8-10,19H2,1H3,(H3,20,21,22,26)/t11-/m0/s1. The molecule has 0 aliphatic carbocycles. The van der Waals surface area contributed by atoms with Crippen LogP contribution in [0.2, 0.25) is 0 Å². The molecule has 6 N–H and O–H groups in total. The molecule has 10 nitrogen and oxygen atoms in total. The highest BCUT2D eigenvalue weighted by atomic mass is 16.5. The molecule has 0 saturated carbocycles. The van der Waals surface area contributed by atoms with Crippen molar-refractivity contribution in [2.24, 2.45) is 21.9 Å². The molecular weight excluding hydrogens is 364 g/mol. The van der Waals surface area contributed by atoms with E-state index < -0.39 is 11.9 Å². The van der Waals surface area contributed by atoms with E-state index >= 15 is 0 Å². The second-order valence-electron chi connectivity index (χ2n) is 5.86. The van der Waals surface area contributed by atoms with E-state index in [1.807, 2.05) is 0 Å². The number of azo groups is 1. The Labute approximate surface area is 161 Å². The maximum absolute atomic E-state index is 11.9. The van der Waals surface area contributed by atoms with E-state index in [-0.39, 0.29) is 48.6 Å². The summed E-state index contributed by atoms with van der Waals surface area (Å²) >= 11 is 0. The molecule has 0 radical (unpaired) electrons. The van der Waals surface area contributed by atoms with Crippen LogP contribution in [0.3, 0.4) is 0 Å². The molecule has 0 saturated heterocycles. The molecule has 0 aliphatic rings. The van der Waals surface area contributed by atoms with Crippen LogP contribution in [0.15, 0.2) is 46.6 Å². The summed E-state index contributed by atoms with van der Waals surface area (Å²) in [7, 11) is 0. The number of amides is 1. The average Bonchev–Trinajstić information content (AvgIpc) is 2.67. The molecule has 28 heavy (non-hydrogen) atoms. The van der Waals surface area contributed by atoms with Crippen LogP contribution in [0.5, 0.6) is 5.75 Å². The van der Waals surface area contributed by atoms with Gasteiger partial charge in [0.15, 0.2) is 11.6 Å². The number of benzene rings is 1. The van der Waals surface area contributed by atoms with Crippen molar-refractivity contribution in [1.29, 1.82) is 0 Å². The lowest BCUT2D eigenvalue weighted by Crippen LogP contribution is -2.20. The van der Waals surface area contributed by atoms with Gasteiger partial charge in [-0.05, 0) is 31.2 Å². The lowest BCUT2D eigenvalue weighted by molar-refractivity contribution is -0.139. The number of nitrogens with zero attached hydrogens (tertiary/aromatic N) is 3. The van der Waals surface area contributed by atoms with Gasteiger partial charge in [-0.15, -0.1) is 10.2 Å². The van der Waals surface area contributed by atoms with Crippen LogP contribution in [0, 0.1) is 5.92 Å². The fourth-order valence-corrected chi connectivity index (χ4v) is 1.98. The summed E-state index contributed by atoms with van der Waals surface area (Å²) in [5, 5.41) is 19.7. The SMILES string of the molecule is C[C@@H](CO)C(=O)Oc1ccccc1N=Nc1ccc(NC(=O)CCN)nc1N. The van der Waals surface area contributed by atoms with Crippen molar-refractivity contribution in [1.82, 2.24) is 4.98 Å². The van der Waals surface area contributed by atoms with Crippen molar-refractivity contribution in [3.8, 4) is 5.75 Å². The van der Waals surface area contributed by atoms with E-state index in [1.54, 1.807) is 37.3 Å². The van der Waals surface area contributed by atoms with Gasteiger partial charge < -0.3 is 26.6 Å². The highest BCUT2D eigenvalue weighted by Gasteiger charge is 2.16. The van der Waals surface area contributed by atoms with Gasteiger partial charge in [0.25, 0.3) is 0 Å². The normalized spacial score (nSPS) is 12.0. The number of aromatic nitrogens is 1. The summed E-state index contributed by atoms with van der Waals surface area (Å²) in [6, 6.07) is 9.65. The topological polar surface area (TPSA) is 165 Å². The second-order valence-corrected chi connectivity index (χ2v) is 5.86. The Hall–Kier alpha value is -3.37. The number of esters is 1. The van der Waals surface area contributed by atoms with Gasteiger partial charge in [-0.1, -0.05) is 12.1 Å². The zero-order valence-electron chi connectivity index (χ0n) is 15.3. The number of pyridine rings is 1. The molecule has 1 aromatic heterocycles. The molecule has 2 rings (SSSR count). The van der Waals surface area contributed by atoms with E-state index in [1.165, 1.54) is 6.07 Å². The summed E-state index contributed by atoms with van der Waals surface area (Å²) in [6.07, 6.45) is 0.174.